The molecule has 1 aliphatic carbocycles. The molecule has 0 heterocycles. The fraction of sp³-hybridized carbons (Fsp3) is 0.500. The minimum Gasteiger partial charge on any atom is -0.493 e. The van der Waals surface area contributed by atoms with Crippen molar-refractivity contribution in [3.63, 3.8) is 0 Å². The second-order valence-electron chi connectivity index (χ2n) is 5.05. The number of aliphatic hydroxyl groups excluding tert-OH is 1. The first kappa shape index (κ1) is 14.6. The van der Waals surface area contributed by atoms with Crippen LogP contribution in [0.15, 0.2) is 18.2 Å². The molecule has 0 aliphatic heterocycles. The Morgan fingerprint density at radius 1 is 1.45 bits per heavy atom. The van der Waals surface area contributed by atoms with Gasteiger partial charge in [0.15, 0.2) is 17.0 Å². The van der Waals surface area contributed by atoms with E-state index in [2.05, 4.69) is 0 Å². The first-order valence-corrected chi connectivity index (χ1v) is 6.44. The quantitative estimate of drug-likeness (QED) is 0.682. The van der Waals surface area contributed by atoms with Crippen LogP contribution in [0.1, 0.15) is 18.4 Å². The van der Waals surface area contributed by atoms with E-state index in [1.165, 1.54) is 7.11 Å². The summed E-state index contributed by atoms with van der Waals surface area (Å²) >= 11 is 0. The van der Waals surface area contributed by atoms with Crippen molar-refractivity contribution in [1.82, 2.24) is 0 Å². The van der Waals surface area contributed by atoms with E-state index in [1.54, 1.807) is 18.2 Å². The molecule has 4 N–H and O–H groups in total. The highest BCUT2D eigenvalue weighted by Gasteiger charge is 2.49. The van der Waals surface area contributed by atoms with Gasteiger partial charge in [-0.1, -0.05) is 6.07 Å². The summed E-state index contributed by atoms with van der Waals surface area (Å²) in [5.74, 6) is -0.227. The van der Waals surface area contributed by atoms with Crippen LogP contribution in [0.2, 0.25) is 0 Å². The summed E-state index contributed by atoms with van der Waals surface area (Å²) in [4.78, 5) is 11.3. The molecule has 6 nitrogen and oxygen atoms in total. The number of ether oxygens (including phenoxy) is 2. The third kappa shape index (κ3) is 2.86. The van der Waals surface area contributed by atoms with Gasteiger partial charge in [-0.15, -0.1) is 0 Å². The third-order valence-electron chi connectivity index (χ3n) is 3.58. The number of aliphatic carboxylic acids is 1. The highest BCUT2D eigenvalue weighted by atomic mass is 16.5. The van der Waals surface area contributed by atoms with Gasteiger partial charge in [-0.2, -0.15) is 0 Å². The topological polar surface area (TPSA) is 102 Å². The maximum atomic E-state index is 11.3. The molecule has 0 saturated heterocycles. The third-order valence-corrected chi connectivity index (χ3v) is 3.58. The number of hydrogen-bond donors (Lipinski definition) is 3. The number of aliphatic hydroxyl groups is 1. The smallest absolute Gasteiger partial charge is 0.327 e. The van der Waals surface area contributed by atoms with Gasteiger partial charge in [0.05, 0.1) is 13.7 Å². The minimum absolute atomic E-state index is 0.0392. The Morgan fingerprint density at radius 3 is 2.65 bits per heavy atom. The molecular formula is C14H19NO5. The molecule has 110 valence electrons. The number of rotatable bonds is 7. The van der Waals surface area contributed by atoms with Crippen molar-refractivity contribution in [2.75, 3.05) is 13.7 Å². The molecule has 0 bridgehead atoms. The van der Waals surface area contributed by atoms with Crippen LogP contribution in [0, 0.1) is 5.92 Å². The molecule has 1 unspecified atom stereocenters. The molecule has 1 aliphatic rings. The van der Waals surface area contributed by atoms with Crippen LogP contribution in [0.3, 0.4) is 0 Å². The molecule has 20 heavy (non-hydrogen) atoms. The van der Waals surface area contributed by atoms with Crippen LogP contribution >= 0.6 is 0 Å². The molecule has 1 aromatic carbocycles. The molecule has 0 radical (unpaired) electrons. The summed E-state index contributed by atoms with van der Waals surface area (Å²) in [5, 5.41) is 18.3. The van der Waals surface area contributed by atoms with Crippen LogP contribution in [-0.2, 0) is 11.4 Å². The second-order valence-corrected chi connectivity index (χ2v) is 5.05. The number of carboxylic acid groups (broad SMARTS) is 1. The molecule has 0 amide bonds. The van der Waals surface area contributed by atoms with Crippen molar-refractivity contribution in [2.24, 2.45) is 11.7 Å². The summed E-state index contributed by atoms with van der Waals surface area (Å²) in [6.07, 6.45) is 1.62. The SMILES string of the molecule is COc1cc(CO)ccc1OCC(N)(C(=O)O)C1CC1. The molecule has 0 aromatic heterocycles. The summed E-state index contributed by atoms with van der Waals surface area (Å²) in [7, 11) is 1.48. The van der Waals surface area contributed by atoms with E-state index >= 15 is 0 Å². The first-order chi connectivity index (χ1) is 9.51. The molecular weight excluding hydrogens is 262 g/mol. The van der Waals surface area contributed by atoms with Crippen molar-refractivity contribution >= 4 is 5.97 Å². The van der Waals surface area contributed by atoms with Gasteiger partial charge >= 0.3 is 5.97 Å². The van der Waals surface area contributed by atoms with Crippen molar-refractivity contribution < 1.29 is 24.5 Å². The Morgan fingerprint density at radius 2 is 2.15 bits per heavy atom. The monoisotopic (exact) mass is 281 g/mol. The average Bonchev–Trinajstić information content (AvgIpc) is 3.29. The molecule has 1 fully saturated rings. The number of nitrogens with two attached hydrogens (primary N) is 1. The first-order valence-electron chi connectivity index (χ1n) is 6.44. The van der Waals surface area contributed by atoms with Gasteiger partial charge in [0, 0.05) is 0 Å². The van der Waals surface area contributed by atoms with Gasteiger partial charge in [-0.05, 0) is 36.5 Å². The summed E-state index contributed by atoms with van der Waals surface area (Å²) in [5.41, 5.74) is 5.26. The lowest BCUT2D eigenvalue weighted by atomic mass is 9.96. The van der Waals surface area contributed by atoms with E-state index < -0.39 is 11.5 Å². The lowest BCUT2D eigenvalue weighted by Gasteiger charge is -2.25. The normalized spacial score (nSPS) is 17.4. The number of carboxylic acids is 1. The lowest BCUT2D eigenvalue weighted by Crippen LogP contribution is -2.54. The highest BCUT2D eigenvalue weighted by molar-refractivity contribution is 5.79. The van der Waals surface area contributed by atoms with Gasteiger partial charge in [0.2, 0.25) is 0 Å². The maximum absolute atomic E-state index is 11.3. The van der Waals surface area contributed by atoms with E-state index in [0.29, 0.717) is 17.1 Å². The molecule has 6 heteroatoms. The fourth-order valence-electron chi connectivity index (χ4n) is 2.08. The Balaban J connectivity index is 2.11. The number of methoxy groups -OCH3 is 1. The summed E-state index contributed by atoms with van der Waals surface area (Å²) in [6.45, 7) is -0.212. The Labute approximate surface area is 117 Å². The molecule has 1 saturated carbocycles. The Kier molecular flexibility index (Phi) is 4.15. The van der Waals surface area contributed by atoms with Crippen molar-refractivity contribution in [2.45, 2.75) is 25.0 Å². The van der Waals surface area contributed by atoms with Crippen LogP contribution in [0.25, 0.3) is 0 Å². The second kappa shape index (κ2) is 5.68. The van der Waals surface area contributed by atoms with E-state index in [9.17, 15) is 9.90 Å². The lowest BCUT2D eigenvalue weighted by molar-refractivity contribution is -0.145. The fourth-order valence-corrected chi connectivity index (χ4v) is 2.08. The highest BCUT2D eigenvalue weighted by Crippen LogP contribution is 2.39. The predicted octanol–water partition coefficient (Wildman–Crippen LogP) is 0.758. The molecule has 2 rings (SSSR count). The number of hydrogen-bond acceptors (Lipinski definition) is 5. The summed E-state index contributed by atoms with van der Waals surface area (Å²) < 4.78 is 10.7. The predicted molar refractivity (Wildman–Crippen MR) is 71.7 cm³/mol. The molecule has 1 aromatic rings. The number of carbonyl (C=O) groups is 1. The van der Waals surface area contributed by atoms with Crippen molar-refractivity contribution in [1.29, 1.82) is 0 Å². The van der Waals surface area contributed by atoms with E-state index in [-0.39, 0.29) is 19.1 Å². The summed E-state index contributed by atoms with van der Waals surface area (Å²) in [6, 6.07) is 4.97. The number of benzene rings is 1. The van der Waals surface area contributed by atoms with E-state index in [0.717, 1.165) is 12.8 Å². The van der Waals surface area contributed by atoms with E-state index in [1.807, 2.05) is 0 Å². The van der Waals surface area contributed by atoms with Gasteiger partial charge in [0.1, 0.15) is 6.61 Å². The average molecular weight is 281 g/mol. The van der Waals surface area contributed by atoms with Gasteiger partial charge in [-0.3, -0.25) is 4.79 Å². The molecule has 1 atom stereocenters. The van der Waals surface area contributed by atoms with Gasteiger partial charge in [0.25, 0.3) is 0 Å². The van der Waals surface area contributed by atoms with Crippen molar-refractivity contribution in [3.8, 4) is 11.5 Å². The van der Waals surface area contributed by atoms with Crippen molar-refractivity contribution in [3.05, 3.63) is 23.8 Å². The minimum atomic E-state index is -1.36. The van der Waals surface area contributed by atoms with Gasteiger partial charge < -0.3 is 25.4 Å². The Hall–Kier alpha value is -1.79. The maximum Gasteiger partial charge on any atom is 0.327 e. The molecule has 0 spiro atoms. The zero-order valence-corrected chi connectivity index (χ0v) is 11.3. The van der Waals surface area contributed by atoms with Crippen LogP contribution in [0.4, 0.5) is 0 Å². The van der Waals surface area contributed by atoms with Crippen LogP contribution < -0.4 is 15.2 Å². The largest absolute Gasteiger partial charge is 0.493 e. The zero-order valence-electron chi connectivity index (χ0n) is 11.3. The van der Waals surface area contributed by atoms with Crippen LogP contribution in [-0.4, -0.2) is 35.4 Å². The standard InChI is InChI=1S/C14H19NO5/c1-19-12-6-9(7-16)2-5-11(12)20-8-14(15,13(17)18)10-3-4-10/h2,5-6,10,16H,3-4,7-8,15H2,1H3,(H,17,18). The zero-order chi connectivity index (χ0) is 14.8. The van der Waals surface area contributed by atoms with E-state index in [4.69, 9.17) is 20.3 Å². The van der Waals surface area contributed by atoms with Crippen LogP contribution in [0.5, 0.6) is 11.5 Å². The Bertz CT molecular complexity index is 500. The van der Waals surface area contributed by atoms with Gasteiger partial charge in [-0.25, -0.2) is 0 Å².